The molecule has 0 aromatic carbocycles. The van der Waals surface area contributed by atoms with E-state index in [0.29, 0.717) is 23.9 Å². The largest absolute Gasteiger partial charge is 0.321 e. The molecule has 0 saturated carbocycles. The van der Waals surface area contributed by atoms with Crippen LogP contribution in [0.4, 0.5) is 0 Å². The summed E-state index contributed by atoms with van der Waals surface area (Å²) in [5.41, 5.74) is 0.491. The minimum absolute atomic E-state index is 0.0791. The van der Waals surface area contributed by atoms with Crippen LogP contribution in [0.15, 0.2) is 0 Å². The molecule has 6 heteroatoms. The topological polar surface area (TPSA) is 45.8 Å². The van der Waals surface area contributed by atoms with Gasteiger partial charge in [-0.3, -0.25) is 0 Å². The van der Waals surface area contributed by atoms with E-state index in [2.05, 4.69) is 98.4 Å². The average molecular weight is 512 g/mol. The number of piperidine rings is 2. The van der Waals surface area contributed by atoms with Gasteiger partial charge in [0.05, 0.1) is 13.2 Å². The van der Waals surface area contributed by atoms with Crippen molar-refractivity contribution in [1.29, 1.82) is 0 Å². The fraction of sp³-hybridized carbons (Fsp3) is 1.00. The van der Waals surface area contributed by atoms with Gasteiger partial charge in [-0.25, -0.2) is 4.67 Å². The maximum absolute atomic E-state index is 6.69. The molecule has 0 amide bonds. The number of rotatable bonds is 7. The highest BCUT2D eigenvalue weighted by Crippen LogP contribution is 2.58. The predicted octanol–water partition coefficient (Wildman–Crippen LogP) is 7.26. The maximum atomic E-state index is 6.69. The molecule has 3 rings (SSSR count). The summed E-state index contributed by atoms with van der Waals surface area (Å²) >= 11 is 0. The summed E-state index contributed by atoms with van der Waals surface area (Å²) in [6.45, 7) is 30.2. The summed E-state index contributed by atoms with van der Waals surface area (Å²) in [4.78, 5) is 0. The molecule has 8 unspecified atom stereocenters. The van der Waals surface area contributed by atoms with E-state index in [4.69, 9.17) is 9.05 Å². The van der Waals surface area contributed by atoms with Crippen LogP contribution in [0.5, 0.6) is 0 Å². The van der Waals surface area contributed by atoms with Crippen molar-refractivity contribution in [2.75, 3.05) is 13.2 Å². The average Bonchev–Trinajstić information content (AvgIpc) is 2.81. The third-order valence-electron chi connectivity index (χ3n) is 10.7. The molecule has 5 nitrogen and oxygen atoms in total. The lowest BCUT2D eigenvalue weighted by molar-refractivity contribution is -0.0498. The first-order valence-electron chi connectivity index (χ1n) is 14.5. The van der Waals surface area contributed by atoms with Gasteiger partial charge in [0.15, 0.2) is 0 Å². The van der Waals surface area contributed by atoms with Crippen LogP contribution in [0.3, 0.4) is 0 Å². The van der Waals surface area contributed by atoms with Crippen molar-refractivity contribution in [3.05, 3.63) is 0 Å². The van der Waals surface area contributed by atoms with Crippen molar-refractivity contribution < 1.29 is 9.05 Å². The Morgan fingerprint density at radius 3 is 1.37 bits per heavy atom. The van der Waals surface area contributed by atoms with Gasteiger partial charge < -0.3 is 19.7 Å². The molecule has 0 aromatic rings. The number of nitrogens with zero attached hydrogens (tertiary/aromatic N) is 1. The second-order valence-electron chi connectivity index (χ2n) is 14.1. The molecule has 2 N–H and O–H groups in total. The van der Waals surface area contributed by atoms with Gasteiger partial charge in [-0.2, -0.15) is 0 Å². The standard InChI is InChI=1S/C29H58N3O2P/c1-13-26(9)17-23(21(5)28(11,15-3)30-26)32(35-33-19-25(7,8)20-34-35)24-18-27(10,14-2)31-29(12,16-4)22(24)6/h21-24,30-31H,13-20H2,1-12H3. The zero-order valence-corrected chi connectivity index (χ0v) is 26.1. The predicted molar refractivity (Wildman–Crippen MR) is 151 cm³/mol. The molecule has 3 fully saturated rings. The Hall–Kier alpha value is 0.230. The molecule has 206 valence electrons. The van der Waals surface area contributed by atoms with E-state index in [9.17, 15) is 0 Å². The second-order valence-corrected chi connectivity index (χ2v) is 15.5. The first-order chi connectivity index (χ1) is 16.1. The zero-order chi connectivity index (χ0) is 26.4. The van der Waals surface area contributed by atoms with Crippen LogP contribution in [0.25, 0.3) is 0 Å². The Morgan fingerprint density at radius 2 is 1.06 bits per heavy atom. The van der Waals surface area contributed by atoms with E-state index in [1.54, 1.807) is 0 Å². The molecule has 0 radical (unpaired) electrons. The summed E-state index contributed by atoms with van der Waals surface area (Å²) in [5, 5.41) is 8.22. The van der Waals surface area contributed by atoms with E-state index in [-0.39, 0.29) is 27.6 Å². The van der Waals surface area contributed by atoms with Crippen molar-refractivity contribution in [3.8, 4) is 0 Å². The Balaban J connectivity index is 2.10. The van der Waals surface area contributed by atoms with Gasteiger partial charge in [0.2, 0.25) is 0 Å². The third kappa shape index (κ3) is 5.81. The maximum Gasteiger partial charge on any atom is 0.259 e. The lowest BCUT2D eigenvalue weighted by Crippen LogP contribution is -2.72. The lowest BCUT2D eigenvalue weighted by atomic mass is 9.66. The second kappa shape index (κ2) is 10.4. The quantitative estimate of drug-likeness (QED) is 0.352. The molecule has 0 aliphatic carbocycles. The number of hydrogen-bond acceptors (Lipinski definition) is 5. The monoisotopic (exact) mass is 511 g/mol. The van der Waals surface area contributed by atoms with Crippen LogP contribution >= 0.6 is 8.53 Å². The first-order valence-corrected chi connectivity index (χ1v) is 15.7. The molecular formula is C29H58N3O2P. The van der Waals surface area contributed by atoms with Gasteiger partial charge in [-0.15, -0.1) is 0 Å². The van der Waals surface area contributed by atoms with Gasteiger partial charge >= 0.3 is 0 Å². The van der Waals surface area contributed by atoms with Crippen LogP contribution < -0.4 is 10.6 Å². The molecule has 35 heavy (non-hydrogen) atoms. The van der Waals surface area contributed by atoms with Crippen molar-refractivity contribution in [1.82, 2.24) is 15.3 Å². The summed E-state index contributed by atoms with van der Waals surface area (Å²) in [5.74, 6) is 0.999. The van der Waals surface area contributed by atoms with Gasteiger partial charge in [0.25, 0.3) is 8.53 Å². The van der Waals surface area contributed by atoms with Crippen LogP contribution in [0, 0.1) is 17.3 Å². The van der Waals surface area contributed by atoms with Crippen LogP contribution in [0.1, 0.15) is 122 Å². The van der Waals surface area contributed by atoms with Gasteiger partial charge in [0, 0.05) is 39.7 Å². The van der Waals surface area contributed by atoms with Crippen molar-refractivity contribution in [3.63, 3.8) is 0 Å². The van der Waals surface area contributed by atoms with Crippen LogP contribution in [0.2, 0.25) is 0 Å². The zero-order valence-electron chi connectivity index (χ0n) is 25.2. The molecule has 8 atom stereocenters. The highest BCUT2D eigenvalue weighted by molar-refractivity contribution is 7.44. The minimum Gasteiger partial charge on any atom is -0.321 e. The molecule has 3 saturated heterocycles. The summed E-state index contributed by atoms with van der Waals surface area (Å²) < 4.78 is 16.2. The summed E-state index contributed by atoms with van der Waals surface area (Å²) in [6.07, 6.45) is 6.79. The summed E-state index contributed by atoms with van der Waals surface area (Å²) in [7, 11) is -1.10. The molecule has 0 bridgehead atoms. The fourth-order valence-corrected chi connectivity index (χ4v) is 9.24. The van der Waals surface area contributed by atoms with E-state index < -0.39 is 8.53 Å². The van der Waals surface area contributed by atoms with E-state index in [1.165, 1.54) is 0 Å². The van der Waals surface area contributed by atoms with E-state index in [0.717, 1.165) is 51.7 Å². The molecular weight excluding hydrogens is 453 g/mol. The fourth-order valence-electron chi connectivity index (χ4n) is 6.93. The Kier molecular flexibility index (Phi) is 8.87. The summed E-state index contributed by atoms with van der Waals surface area (Å²) in [6, 6.07) is 0.845. The molecule has 3 aliphatic rings. The SMILES string of the molecule is CCC1(C)CC(N(C2CC(C)(CC)NC(C)(CC)C2C)P2OCC(C)(C)CO2)C(C)C(C)(CC)N1. The Labute approximate surface area is 219 Å². The molecule has 0 aromatic heterocycles. The molecule has 3 aliphatic heterocycles. The van der Waals surface area contributed by atoms with Crippen LogP contribution in [-0.2, 0) is 9.05 Å². The van der Waals surface area contributed by atoms with E-state index >= 15 is 0 Å². The Morgan fingerprint density at radius 1 is 0.686 bits per heavy atom. The van der Waals surface area contributed by atoms with Crippen molar-refractivity contribution >= 4 is 8.53 Å². The van der Waals surface area contributed by atoms with Crippen molar-refractivity contribution in [2.45, 2.75) is 156 Å². The lowest BCUT2D eigenvalue weighted by Gasteiger charge is -2.62. The van der Waals surface area contributed by atoms with Gasteiger partial charge in [-0.1, -0.05) is 55.4 Å². The number of nitrogens with one attached hydrogen (secondary N) is 2. The highest BCUT2D eigenvalue weighted by atomic mass is 31.2. The van der Waals surface area contributed by atoms with Crippen molar-refractivity contribution in [2.24, 2.45) is 17.3 Å². The first kappa shape index (κ1) is 29.8. The van der Waals surface area contributed by atoms with Crippen LogP contribution in [-0.4, -0.2) is 52.1 Å². The van der Waals surface area contributed by atoms with E-state index in [1.807, 2.05) is 0 Å². The Bertz CT molecular complexity index is 681. The minimum atomic E-state index is -1.10. The number of hydrogen-bond donors (Lipinski definition) is 2. The smallest absolute Gasteiger partial charge is 0.259 e. The molecule has 3 heterocycles. The third-order valence-corrected chi connectivity index (χ3v) is 12.4. The molecule has 0 spiro atoms. The van der Waals surface area contributed by atoms with Gasteiger partial charge in [0.1, 0.15) is 0 Å². The van der Waals surface area contributed by atoms with Gasteiger partial charge in [-0.05, 0) is 78.1 Å². The normalized spacial score (nSPS) is 47.2. The highest BCUT2D eigenvalue weighted by Gasteiger charge is 2.56.